The van der Waals surface area contributed by atoms with Gasteiger partial charge in [0, 0.05) is 13.6 Å². The summed E-state index contributed by atoms with van der Waals surface area (Å²) in [7, 11) is -2.23. The van der Waals surface area contributed by atoms with Crippen LogP contribution in [0.2, 0.25) is 0 Å². The molecule has 1 atom stereocenters. The van der Waals surface area contributed by atoms with Crippen LogP contribution >= 0.6 is 0 Å². The third-order valence-electron chi connectivity index (χ3n) is 3.94. The van der Waals surface area contributed by atoms with E-state index >= 15 is 0 Å². The van der Waals surface area contributed by atoms with Gasteiger partial charge in [0.1, 0.15) is 10.9 Å². The van der Waals surface area contributed by atoms with Crippen molar-refractivity contribution in [2.24, 2.45) is 0 Å². The summed E-state index contributed by atoms with van der Waals surface area (Å²) in [6.45, 7) is 0.344. The van der Waals surface area contributed by atoms with Gasteiger partial charge in [0.25, 0.3) is 0 Å². The van der Waals surface area contributed by atoms with E-state index in [1.165, 1.54) is 28.4 Å². The average Bonchev–Trinajstić information content (AvgIpc) is 3.24. The number of nitrogens with one attached hydrogen (secondary N) is 1. The molecule has 2 heterocycles. The molecule has 122 valence electrons. The topological polar surface area (TPSA) is 84.3 Å². The van der Waals surface area contributed by atoms with Crippen molar-refractivity contribution in [3.8, 4) is 5.69 Å². The number of amides is 1. The summed E-state index contributed by atoms with van der Waals surface area (Å²) in [5, 5.41) is 6.65. The summed E-state index contributed by atoms with van der Waals surface area (Å²) in [5.41, 5.74) is 0.776. The number of likely N-dealkylation sites (N-methyl/N-ethyl adjacent to an activating group) is 1. The standard InChI is InChI=1S/C15H18N4O3S/c1-16-15(20)14-8-5-9-19(14)23(21,22)13-10-17-18(11-13)12-6-3-2-4-7-12/h2-4,6-7,10-11,14H,5,8-9H2,1H3,(H,16,20)/t14-/m0/s1. The van der Waals surface area contributed by atoms with Crippen LogP contribution in [0.1, 0.15) is 12.8 Å². The molecule has 3 rings (SSSR count). The highest BCUT2D eigenvalue weighted by Crippen LogP contribution is 2.26. The van der Waals surface area contributed by atoms with Crippen LogP contribution in [0.15, 0.2) is 47.6 Å². The van der Waals surface area contributed by atoms with Crippen molar-refractivity contribution in [2.75, 3.05) is 13.6 Å². The maximum atomic E-state index is 12.8. The summed E-state index contributed by atoms with van der Waals surface area (Å²) in [6, 6.07) is 8.62. The van der Waals surface area contributed by atoms with E-state index in [9.17, 15) is 13.2 Å². The number of hydrogen-bond acceptors (Lipinski definition) is 4. The normalized spacial score (nSPS) is 18.9. The molecule has 0 bridgehead atoms. The van der Waals surface area contributed by atoms with Crippen LogP contribution in [0.4, 0.5) is 0 Å². The lowest BCUT2D eigenvalue weighted by atomic mass is 10.2. The fourth-order valence-electron chi connectivity index (χ4n) is 2.75. The minimum atomic E-state index is -3.74. The molecule has 1 aliphatic heterocycles. The maximum absolute atomic E-state index is 12.8. The number of hydrogen-bond donors (Lipinski definition) is 1. The van der Waals surface area contributed by atoms with Crippen LogP contribution in [0, 0.1) is 0 Å². The average molecular weight is 334 g/mol. The summed E-state index contributed by atoms with van der Waals surface area (Å²) in [6.07, 6.45) is 4.00. The van der Waals surface area contributed by atoms with Gasteiger partial charge in [0.05, 0.1) is 18.1 Å². The van der Waals surface area contributed by atoms with Gasteiger partial charge >= 0.3 is 0 Å². The second kappa shape index (κ2) is 6.13. The number of rotatable bonds is 4. The van der Waals surface area contributed by atoms with E-state index in [1.807, 2.05) is 30.3 Å². The van der Waals surface area contributed by atoms with E-state index < -0.39 is 16.1 Å². The second-order valence-electron chi connectivity index (χ2n) is 5.34. The fourth-order valence-corrected chi connectivity index (χ4v) is 4.34. The third kappa shape index (κ3) is 2.87. The summed E-state index contributed by atoms with van der Waals surface area (Å²) in [5.74, 6) is -0.276. The monoisotopic (exact) mass is 334 g/mol. The largest absolute Gasteiger partial charge is 0.358 e. The first-order chi connectivity index (χ1) is 11.0. The highest BCUT2D eigenvalue weighted by atomic mass is 32.2. The molecule has 8 heteroatoms. The predicted molar refractivity (Wildman–Crippen MR) is 84.5 cm³/mol. The number of aromatic nitrogens is 2. The minimum absolute atomic E-state index is 0.0946. The molecule has 1 N–H and O–H groups in total. The Labute approximate surface area is 135 Å². The predicted octanol–water partition coefficient (Wildman–Crippen LogP) is 0.771. The highest BCUT2D eigenvalue weighted by molar-refractivity contribution is 7.89. The molecule has 0 spiro atoms. The van der Waals surface area contributed by atoms with Gasteiger partial charge in [-0.3, -0.25) is 4.79 Å². The smallest absolute Gasteiger partial charge is 0.246 e. The molecule has 1 aromatic carbocycles. The van der Waals surface area contributed by atoms with Crippen LogP contribution in [-0.4, -0.2) is 48.0 Å². The van der Waals surface area contributed by atoms with Crippen molar-refractivity contribution in [1.82, 2.24) is 19.4 Å². The molecule has 23 heavy (non-hydrogen) atoms. The molecule has 0 saturated carbocycles. The zero-order valence-corrected chi connectivity index (χ0v) is 13.5. The molecule has 0 unspecified atom stereocenters. The maximum Gasteiger partial charge on any atom is 0.246 e. The Morgan fingerprint density at radius 3 is 2.74 bits per heavy atom. The van der Waals surface area contributed by atoms with Gasteiger partial charge in [0.2, 0.25) is 15.9 Å². The Morgan fingerprint density at radius 2 is 2.04 bits per heavy atom. The lowest BCUT2D eigenvalue weighted by Crippen LogP contribution is -2.44. The van der Waals surface area contributed by atoms with Crippen molar-refractivity contribution in [3.63, 3.8) is 0 Å². The van der Waals surface area contributed by atoms with Gasteiger partial charge in [0.15, 0.2) is 0 Å². The van der Waals surface area contributed by atoms with Gasteiger partial charge in [-0.15, -0.1) is 0 Å². The number of sulfonamides is 1. The molecule has 1 aromatic heterocycles. The number of nitrogens with zero attached hydrogens (tertiary/aromatic N) is 3. The van der Waals surface area contributed by atoms with E-state index in [0.29, 0.717) is 19.4 Å². The van der Waals surface area contributed by atoms with Crippen molar-refractivity contribution in [1.29, 1.82) is 0 Å². The van der Waals surface area contributed by atoms with Gasteiger partial charge in [-0.25, -0.2) is 13.1 Å². The molecular weight excluding hydrogens is 316 g/mol. The Balaban J connectivity index is 1.92. The summed E-state index contributed by atoms with van der Waals surface area (Å²) in [4.78, 5) is 12.0. The van der Waals surface area contributed by atoms with Crippen molar-refractivity contribution in [3.05, 3.63) is 42.7 Å². The van der Waals surface area contributed by atoms with Crippen LogP contribution in [-0.2, 0) is 14.8 Å². The SMILES string of the molecule is CNC(=O)[C@@H]1CCCN1S(=O)(=O)c1cnn(-c2ccccc2)c1. The lowest BCUT2D eigenvalue weighted by molar-refractivity contribution is -0.123. The highest BCUT2D eigenvalue weighted by Gasteiger charge is 2.39. The van der Waals surface area contributed by atoms with Gasteiger partial charge < -0.3 is 5.32 Å². The molecule has 7 nitrogen and oxygen atoms in total. The van der Waals surface area contributed by atoms with E-state index in [0.717, 1.165) is 5.69 Å². The molecule has 0 radical (unpaired) electrons. The minimum Gasteiger partial charge on any atom is -0.358 e. The zero-order valence-electron chi connectivity index (χ0n) is 12.7. The van der Waals surface area contributed by atoms with Crippen LogP contribution in [0.25, 0.3) is 5.69 Å². The van der Waals surface area contributed by atoms with E-state index in [-0.39, 0.29) is 10.8 Å². The number of para-hydroxylation sites is 1. The van der Waals surface area contributed by atoms with Crippen LogP contribution in [0.3, 0.4) is 0 Å². The molecule has 2 aromatic rings. The van der Waals surface area contributed by atoms with Crippen molar-refractivity contribution in [2.45, 2.75) is 23.8 Å². The molecular formula is C15H18N4O3S. The first-order valence-corrected chi connectivity index (χ1v) is 8.81. The number of carbonyl (C=O) groups excluding carboxylic acids is 1. The Hall–Kier alpha value is -2.19. The first kappa shape index (κ1) is 15.7. The van der Waals surface area contributed by atoms with Gasteiger partial charge in [-0.2, -0.15) is 9.40 Å². The summed E-state index contributed by atoms with van der Waals surface area (Å²) >= 11 is 0. The van der Waals surface area contributed by atoms with E-state index in [2.05, 4.69) is 10.4 Å². The summed E-state index contributed by atoms with van der Waals surface area (Å²) < 4.78 is 28.4. The Kier molecular flexibility index (Phi) is 4.18. The number of carbonyl (C=O) groups is 1. The van der Waals surface area contributed by atoms with Crippen molar-refractivity contribution >= 4 is 15.9 Å². The Bertz CT molecular complexity index is 801. The molecule has 1 fully saturated rings. The quantitative estimate of drug-likeness (QED) is 0.895. The van der Waals surface area contributed by atoms with Crippen molar-refractivity contribution < 1.29 is 13.2 Å². The third-order valence-corrected chi connectivity index (χ3v) is 5.80. The molecule has 1 saturated heterocycles. The molecule has 1 amide bonds. The van der Waals surface area contributed by atoms with E-state index in [4.69, 9.17) is 0 Å². The van der Waals surface area contributed by atoms with Crippen LogP contribution in [0.5, 0.6) is 0 Å². The van der Waals surface area contributed by atoms with Gasteiger partial charge in [-0.1, -0.05) is 18.2 Å². The first-order valence-electron chi connectivity index (χ1n) is 7.37. The molecule has 0 aliphatic carbocycles. The van der Waals surface area contributed by atoms with Crippen LogP contribution < -0.4 is 5.32 Å². The number of benzene rings is 1. The second-order valence-corrected chi connectivity index (χ2v) is 7.23. The van der Waals surface area contributed by atoms with E-state index in [1.54, 1.807) is 0 Å². The Morgan fingerprint density at radius 1 is 1.30 bits per heavy atom. The zero-order chi connectivity index (χ0) is 16.4. The van der Waals surface area contributed by atoms with Gasteiger partial charge in [-0.05, 0) is 25.0 Å². The molecule has 1 aliphatic rings. The fraction of sp³-hybridized carbons (Fsp3) is 0.333. The lowest BCUT2D eigenvalue weighted by Gasteiger charge is -2.21.